The van der Waals surface area contributed by atoms with Crippen molar-refractivity contribution in [2.24, 2.45) is 0 Å². The van der Waals surface area contributed by atoms with Crippen LogP contribution in [0.15, 0.2) is 24.3 Å². The quantitative estimate of drug-likeness (QED) is 0.646. The molecular weight excluding hydrogens is 474 g/mol. The van der Waals surface area contributed by atoms with Gasteiger partial charge in [-0.2, -0.15) is 0 Å². The third-order valence-electron chi connectivity index (χ3n) is 6.22. The molecule has 1 N–H and O–H groups in total. The Bertz CT molecular complexity index is 1210. The van der Waals surface area contributed by atoms with Gasteiger partial charge in [0.05, 0.1) is 17.7 Å². The number of carboxylic acid groups (broad SMARTS) is 1. The van der Waals surface area contributed by atoms with Gasteiger partial charge in [0.1, 0.15) is 11.6 Å². The number of carbonyl (C=O) groups excluding carboxylic acids is 3. The van der Waals surface area contributed by atoms with E-state index in [9.17, 15) is 28.0 Å². The highest BCUT2D eigenvalue weighted by molar-refractivity contribution is 5.90. The molecule has 0 fully saturated rings. The number of hydrogen-bond acceptors (Lipinski definition) is 5. The van der Waals surface area contributed by atoms with Crippen LogP contribution >= 0.6 is 0 Å². The largest absolute Gasteiger partial charge is 0.478 e. The molecular formula is C26H28F2N2O6. The fourth-order valence-electron chi connectivity index (χ4n) is 4.23. The van der Waals surface area contributed by atoms with Crippen LogP contribution in [0.1, 0.15) is 63.7 Å². The molecule has 4 rings (SSSR count). The van der Waals surface area contributed by atoms with Crippen molar-refractivity contribution in [2.45, 2.75) is 46.7 Å². The second kappa shape index (κ2) is 11.3. The van der Waals surface area contributed by atoms with Gasteiger partial charge in [-0.1, -0.05) is 0 Å². The van der Waals surface area contributed by atoms with Crippen LogP contribution in [0.3, 0.4) is 0 Å². The van der Waals surface area contributed by atoms with E-state index in [4.69, 9.17) is 9.84 Å². The molecule has 0 saturated carbocycles. The molecule has 10 heteroatoms. The maximum atomic E-state index is 13.8. The van der Waals surface area contributed by atoms with Crippen LogP contribution in [0.4, 0.5) is 8.78 Å². The molecule has 0 aliphatic carbocycles. The normalized spacial score (nSPS) is 14.1. The summed E-state index contributed by atoms with van der Waals surface area (Å²) in [5, 5.41) is 8.82. The molecule has 0 aromatic heterocycles. The first-order valence-electron chi connectivity index (χ1n) is 11.6. The molecule has 8 nitrogen and oxygen atoms in total. The number of fused-ring (bicyclic) bond motifs is 2. The van der Waals surface area contributed by atoms with Gasteiger partial charge in [-0.3, -0.25) is 9.59 Å². The van der Waals surface area contributed by atoms with Crippen LogP contribution in [0.2, 0.25) is 0 Å². The van der Waals surface area contributed by atoms with E-state index in [0.717, 1.165) is 16.7 Å². The summed E-state index contributed by atoms with van der Waals surface area (Å²) < 4.78 is 32.1. The molecule has 0 bridgehead atoms. The first kappa shape index (κ1) is 26.8. The molecule has 2 aromatic rings. The van der Waals surface area contributed by atoms with Crippen molar-refractivity contribution in [3.8, 4) is 0 Å². The first-order chi connectivity index (χ1) is 17.0. The topological polar surface area (TPSA) is 104 Å². The summed E-state index contributed by atoms with van der Waals surface area (Å²) in [7, 11) is 0. The average Bonchev–Trinajstić information content (AvgIpc) is 2.82. The third-order valence-corrected chi connectivity index (χ3v) is 6.22. The van der Waals surface area contributed by atoms with Gasteiger partial charge in [0.25, 0.3) is 0 Å². The Kier molecular flexibility index (Phi) is 8.39. The highest BCUT2D eigenvalue weighted by atomic mass is 19.1. The maximum absolute atomic E-state index is 13.8. The number of ether oxygens (including phenoxy) is 1. The van der Waals surface area contributed by atoms with Crippen molar-refractivity contribution in [2.75, 3.05) is 19.7 Å². The number of amides is 2. The number of hydrogen-bond donors (Lipinski definition) is 1. The molecule has 2 aliphatic heterocycles. The summed E-state index contributed by atoms with van der Waals surface area (Å²) in [5.41, 5.74) is 2.75. The molecule has 2 aliphatic rings. The number of benzene rings is 2. The second-order valence-electron chi connectivity index (χ2n) is 8.61. The van der Waals surface area contributed by atoms with Crippen LogP contribution in [-0.2, 0) is 40.3 Å². The highest BCUT2D eigenvalue weighted by Gasteiger charge is 2.23. The van der Waals surface area contributed by atoms with Crippen LogP contribution in [-0.4, -0.2) is 58.4 Å². The van der Waals surface area contributed by atoms with E-state index in [1.54, 1.807) is 16.7 Å². The fraction of sp³-hybridized carbons (Fsp3) is 0.385. The predicted octanol–water partition coefficient (Wildman–Crippen LogP) is 3.34. The van der Waals surface area contributed by atoms with E-state index >= 15 is 0 Å². The Morgan fingerprint density at radius 2 is 1.25 bits per heavy atom. The van der Waals surface area contributed by atoms with E-state index in [-0.39, 0.29) is 29.5 Å². The number of esters is 1. The molecule has 2 amide bonds. The van der Waals surface area contributed by atoms with Gasteiger partial charge in [0.15, 0.2) is 0 Å². The zero-order chi connectivity index (χ0) is 26.6. The number of aromatic carboxylic acids is 1. The molecule has 0 spiro atoms. The standard InChI is InChI=1S/C14H16FNO3.C12H12FNO3/c1-3-19-14(18)12-6-11-8-16(9(2)17)5-4-10(11)7-13(12)15;1-7(15)14-3-2-8-5-11(13)10(12(16)17)4-9(8)6-14/h6-7H,3-5,8H2,1-2H3;4-5H,2-3,6H2,1H3,(H,16,17). The lowest BCUT2D eigenvalue weighted by Crippen LogP contribution is -2.34. The molecule has 2 heterocycles. The number of halogens is 2. The Hall–Kier alpha value is -3.82. The molecule has 36 heavy (non-hydrogen) atoms. The second-order valence-corrected chi connectivity index (χ2v) is 8.61. The van der Waals surface area contributed by atoms with Gasteiger partial charge in [0.2, 0.25) is 11.8 Å². The fourth-order valence-corrected chi connectivity index (χ4v) is 4.23. The molecule has 2 aromatic carbocycles. The Morgan fingerprint density at radius 1 is 0.806 bits per heavy atom. The van der Waals surface area contributed by atoms with Gasteiger partial charge < -0.3 is 19.6 Å². The van der Waals surface area contributed by atoms with Crippen LogP contribution in [0.5, 0.6) is 0 Å². The van der Waals surface area contributed by atoms with Crippen molar-refractivity contribution in [3.63, 3.8) is 0 Å². The van der Waals surface area contributed by atoms with Crippen molar-refractivity contribution in [3.05, 3.63) is 69.3 Å². The SMILES string of the molecule is CC(=O)N1CCc2cc(F)c(C(=O)O)cc2C1.CCOC(=O)c1cc2c(cc1F)CCN(C(C)=O)C2. The minimum Gasteiger partial charge on any atom is -0.478 e. The predicted molar refractivity (Wildman–Crippen MR) is 125 cm³/mol. The summed E-state index contributed by atoms with van der Waals surface area (Å²) >= 11 is 0. The molecule has 192 valence electrons. The lowest BCUT2D eigenvalue weighted by atomic mass is 9.97. The number of carboxylic acids is 1. The van der Waals surface area contributed by atoms with E-state index in [1.165, 1.54) is 38.1 Å². The molecule has 0 atom stereocenters. The Morgan fingerprint density at radius 3 is 1.67 bits per heavy atom. The summed E-state index contributed by atoms with van der Waals surface area (Å²) in [6.45, 7) is 6.74. The van der Waals surface area contributed by atoms with E-state index < -0.39 is 23.6 Å². The highest BCUT2D eigenvalue weighted by Crippen LogP contribution is 2.24. The van der Waals surface area contributed by atoms with Gasteiger partial charge in [-0.15, -0.1) is 0 Å². The molecule has 0 unspecified atom stereocenters. The van der Waals surface area contributed by atoms with Crippen molar-refractivity contribution in [1.82, 2.24) is 9.80 Å². The van der Waals surface area contributed by atoms with Gasteiger partial charge in [0, 0.05) is 40.0 Å². The van der Waals surface area contributed by atoms with E-state index in [2.05, 4.69) is 0 Å². The average molecular weight is 503 g/mol. The minimum absolute atomic E-state index is 0.0207. The lowest BCUT2D eigenvalue weighted by Gasteiger charge is -2.28. The maximum Gasteiger partial charge on any atom is 0.341 e. The molecule has 0 saturated heterocycles. The van der Waals surface area contributed by atoms with Crippen molar-refractivity contribution >= 4 is 23.8 Å². The Labute approximate surface area is 207 Å². The number of nitrogens with zero attached hydrogens (tertiary/aromatic N) is 2. The van der Waals surface area contributed by atoms with Crippen LogP contribution in [0, 0.1) is 11.6 Å². The Balaban J connectivity index is 0.000000202. The van der Waals surface area contributed by atoms with E-state index in [0.29, 0.717) is 44.6 Å². The summed E-state index contributed by atoms with van der Waals surface area (Å²) in [6.07, 6.45) is 1.17. The van der Waals surface area contributed by atoms with Crippen molar-refractivity contribution < 1.29 is 37.8 Å². The summed E-state index contributed by atoms with van der Waals surface area (Å²) in [4.78, 5) is 48.3. The summed E-state index contributed by atoms with van der Waals surface area (Å²) in [5.74, 6) is -3.31. The number of rotatable bonds is 3. The van der Waals surface area contributed by atoms with Gasteiger partial charge in [-0.05, 0) is 66.3 Å². The van der Waals surface area contributed by atoms with Gasteiger partial charge in [-0.25, -0.2) is 18.4 Å². The summed E-state index contributed by atoms with van der Waals surface area (Å²) in [6, 6.07) is 5.45. The monoisotopic (exact) mass is 502 g/mol. The number of carbonyl (C=O) groups is 4. The zero-order valence-electron chi connectivity index (χ0n) is 20.4. The van der Waals surface area contributed by atoms with Crippen LogP contribution < -0.4 is 0 Å². The first-order valence-corrected chi connectivity index (χ1v) is 11.6. The van der Waals surface area contributed by atoms with Gasteiger partial charge >= 0.3 is 11.9 Å². The molecule has 0 radical (unpaired) electrons. The zero-order valence-corrected chi connectivity index (χ0v) is 20.4. The van der Waals surface area contributed by atoms with E-state index in [1.807, 2.05) is 0 Å². The third kappa shape index (κ3) is 6.05. The smallest absolute Gasteiger partial charge is 0.341 e. The lowest BCUT2D eigenvalue weighted by molar-refractivity contribution is -0.130. The minimum atomic E-state index is -1.29. The van der Waals surface area contributed by atoms with Crippen LogP contribution in [0.25, 0.3) is 0 Å². The van der Waals surface area contributed by atoms with Crippen molar-refractivity contribution in [1.29, 1.82) is 0 Å².